The molecular formula is C15H16N4O2S. The van der Waals surface area contributed by atoms with Crippen LogP contribution in [0.2, 0.25) is 0 Å². The maximum atomic E-state index is 12.1. The van der Waals surface area contributed by atoms with Gasteiger partial charge in [0.2, 0.25) is 5.91 Å². The van der Waals surface area contributed by atoms with Gasteiger partial charge in [0.25, 0.3) is 0 Å². The molecule has 1 N–H and O–H groups in total. The average Bonchev–Trinajstić information content (AvgIpc) is 3.05. The number of nitrogens with one attached hydrogen (secondary N) is 1. The third kappa shape index (κ3) is 3.04. The van der Waals surface area contributed by atoms with Crippen molar-refractivity contribution in [3.8, 4) is 11.4 Å². The molecule has 2 aromatic rings. The molecule has 3 rings (SSSR count). The van der Waals surface area contributed by atoms with Crippen LogP contribution in [0.5, 0.6) is 0 Å². The lowest BCUT2D eigenvalue weighted by molar-refractivity contribution is -0.117. The largest absolute Gasteiger partial charge is 0.311 e. The molecule has 1 atom stereocenters. The highest BCUT2D eigenvalue weighted by Crippen LogP contribution is 2.29. The molecule has 0 aliphatic carbocycles. The van der Waals surface area contributed by atoms with Crippen LogP contribution in [-0.4, -0.2) is 38.0 Å². The molecule has 0 saturated carbocycles. The minimum Gasteiger partial charge on any atom is -0.311 e. The number of benzene rings is 1. The van der Waals surface area contributed by atoms with Gasteiger partial charge in [-0.2, -0.15) is 5.10 Å². The van der Waals surface area contributed by atoms with E-state index in [0.717, 1.165) is 17.1 Å². The Morgan fingerprint density at radius 3 is 2.68 bits per heavy atom. The van der Waals surface area contributed by atoms with E-state index in [1.54, 1.807) is 4.90 Å². The summed E-state index contributed by atoms with van der Waals surface area (Å²) in [5.41, 5.74) is 1.74. The zero-order valence-electron chi connectivity index (χ0n) is 12.4. The molecule has 0 bridgehead atoms. The van der Waals surface area contributed by atoms with Crippen LogP contribution < -0.4 is 4.90 Å². The fraction of sp³-hybridized carbons (Fsp3) is 0.333. The Morgan fingerprint density at radius 1 is 1.36 bits per heavy atom. The summed E-state index contributed by atoms with van der Waals surface area (Å²) >= 11 is 1.24. The highest BCUT2D eigenvalue weighted by Gasteiger charge is 2.31. The van der Waals surface area contributed by atoms with Gasteiger partial charge in [0.15, 0.2) is 10.9 Å². The van der Waals surface area contributed by atoms with Crippen LogP contribution in [0.15, 0.2) is 24.3 Å². The molecule has 1 unspecified atom stereocenters. The second-order valence-electron chi connectivity index (χ2n) is 5.23. The van der Waals surface area contributed by atoms with Crippen molar-refractivity contribution in [3.05, 3.63) is 30.1 Å². The molecule has 1 fully saturated rings. The van der Waals surface area contributed by atoms with Crippen molar-refractivity contribution in [2.45, 2.75) is 25.5 Å². The lowest BCUT2D eigenvalue weighted by atomic mass is 10.2. The molecule has 1 aromatic heterocycles. The number of aryl methyl sites for hydroxylation is 1. The van der Waals surface area contributed by atoms with Crippen LogP contribution in [0.25, 0.3) is 11.4 Å². The molecule has 1 aliphatic rings. The third-order valence-electron chi connectivity index (χ3n) is 3.46. The topological polar surface area (TPSA) is 79.0 Å². The van der Waals surface area contributed by atoms with Crippen LogP contribution >= 0.6 is 11.8 Å². The summed E-state index contributed by atoms with van der Waals surface area (Å²) in [6.45, 7) is 3.95. The quantitative estimate of drug-likeness (QED) is 0.939. The second-order valence-corrected chi connectivity index (χ2v) is 6.71. The first-order valence-electron chi connectivity index (χ1n) is 7.00. The molecule has 114 valence electrons. The summed E-state index contributed by atoms with van der Waals surface area (Å²) in [5.74, 6) is 1.46. The summed E-state index contributed by atoms with van der Waals surface area (Å²) in [7, 11) is 0. The Hall–Kier alpha value is -2.15. The number of amides is 1. The van der Waals surface area contributed by atoms with E-state index in [1.165, 1.54) is 18.7 Å². The molecule has 1 amide bonds. The lowest BCUT2D eigenvalue weighted by Crippen LogP contribution is -2.24. The van der Waals surface area contributed by atoms with Gasteiger partial charge in [0, 0.05) is 36.4 Å². The first-order chi connectivity index (χ1) is 10.5. The number of H-pyrrole nitrogens is 1. The number of hydrogen-bond donors (Lipinski definition) is 1. The molecule has 0 radical (unpaired) electrons. The van der Waals surface area contributed by atoms with Crippen LogP contribution in [-0.2, 0) is 9.59 Å². The molecule has 1 aliphatic heterocycles. The Bertz CT molecular complexity index is 711. The highest BCUT2D eigenvalue weighted by atomic mass is 32.2. The number of rotatable bonds is 3. The van der Waals surface area contributed by atoms with Gasteiger partial charge >= 0.3 is 0 Å². The molecule has 0 spiro atoms. The minimum absolute atomic E-state index is 0.0420. The number of thioether (sulfide) groups is 1. The van der Waals surface area contributed by atoms with Crippen molar-refractivity contribution in [3.63, 3.8) is 0 Å². The smallest absolute Gasteiger partial charge is 0.228 e. The number of nitrogens with zero attached hydrogens (tertiary/aromatic N) is 3. The number of carbonyl (C=O) groups excluding carboxylic acids is 2. The van der Waals surface area contributed by atoms with E-state index in [9.17, 15) is 9.59 Å². The first kappa shape index (κ1) is 14.8. The summed E-state index contributed by atoms with van der Waals surface area (Å²) in [4.78, 5) is 29.3. The van der Waals surface area contributed by atoms with Gasteiger partial charge in [-0.15, -0.1) is 0 Å². The van der Waals surface area contributed by atoms with Gasteiger partial charge in [0.1, 0.15) is 5.82 Å². The Kier molecular flexibility index (Phi) is 3.98. The zero-order valence-corrected chi connectivity index (χ0v) is 13.2. The lowest BCUT2D eigenvalue weighted by Gasteiger charge is -2.16. The van der Waals surface area contributed by atoms with Crippen molar-refractivity contribution in [1.82, 2.24) is 15.2 Å². The number of aromatic nitrogens is 3. The van der Waals surface area contributed by atoms with Crippen LogP contribution in [0.4, 0.5) is 5.69 Å². The Morgan fingerprint density at radius 2 is 2.09 bits per heavy atom. The van der Waals surface area contributed by atoms with Gasteiger partial charge in [-0.1, -0.05) is 11.8 Å². The van der Waals surface area contributed by atoms with Crippen molar-refractivity contribution in [2.24, 2.45) is 0 Å². The molecular weight excluding hydrogens is 300 g/mol. The summed E-state index contributed by atoms with van der Waals surface area (Å²) in [5, 5.41) is 7.02. The van der Waals surface area contributed by atoms with Gasteiger partial charge < -0.3 is 4.90 Å². The average molecular weight is 316 g/mol. The van der Waals surface area contributed by atoms with E-state index >= 15 is 0 Å². The molecule has 6 nitrogen and oxygen atoms in total. The van der Waals surface area contributed by atoms with E-state index in [1.807, 2.05) is 31.2 Å². The Labute approximate surface area is 132 Å². The first-order valence-corrected chi connectivity index (χ1v) is 7.88. The van der Waals surface area contributed by atoms with Gasteiger partial charge in [-0.25, -0.2) is 4.98 Å². The predicted molar refractivity (Wildman–Crippen MR) is 85.6 cm³/mol. The van der Waals surface area contributed by atoms with Crippen LogP contribution in [0, 0.1) is 6.92 Å². The fourth-order valence-electron chi connectivity index (χ4n) is 2.50. The van der Waals surface area contributed by atoms with E-state index in [-0.39, 0.29) is 16.3 Å². The minimum atomic E-state index is 0.0420. The van der Waals surface area contributed by atoms with Crippen molar-refractivity contribution in [1.29, 1.82) is 0 Å². The number of carbonyl (C=O) groups is 2. The molecule has 7 heteroatoms. The van der Waals surface area contributed by atoms with E-state index in [2.05, 4.69) is 15.2 Å². The molecule has 1 aromatic carbocycles. The fourth-order valence-corrected chi connectivity index (χ4v) is 3.42. The normalized spacial score (nSPS) is 18.0. The number of hydrogen-bond acceptors (Lipinski definition) is 5. The maximum Gasteiger partial charge on any atom is 0.228 e. The van der Waals surface area contributed by atoms with Crippen molar-refractivity contribution >= 4 is 28.5 Å². The standard InChI is InChI=1S/C15H16N4O2S/c1-9-16-15(18-17-9)11-3-5-12(6-4-11)19-8-13(7-14(19)21)22-10(2)20/h3-6,13H,7-8H2,1-2H3,(H,16,17,18). The highest BCUT2D eigenvalue weighted by molar-refractivity contribution is 8.14. The summed E-state index contributed by atoms with van der Waals surface area (Å²) < 4.78 is 0. The number of aromatic amines is 1. The second kappa shape index (κ2) is 5.92. The summed E-state index contributed by atoms with van der Waals surface area (Å²) in [6.07, 6.45) is 0.409. The van der Waals surface area contributed by atoms with E-state index in [4.69, 9.17) is 0 Å². The Balaban J connectivity index is 1.75. The zero-order chi connectivity index (χ0) is 15.7. The number of anilines is 1. The monoisotopic (exact) mass is 316 g/mol. The van der Waals surface area contributed by atoms with Gasteiger partial charge in [0.05, 0.1) is 0 Å². The molecule has 22 heavy (non-hydrogen) atoms. The SMILES string of the molecule is CC(=O)SC1CC(=O)N(c2ccc(-c3n[nH]c(C)n3)cc2)C1. The van der Waals surface area contributed by atoms with E-state index < -0.39 is 0 Å². The third-order valence-corrected chi connectivity index (χ3v) is 4.44. The van der Waals surface area contributed by atoms with Crippen LogP contribution in [0.1, 0.15) is 19.2 Å². The van der Waals surface area contributed by atoms with E-state index in [0.29, 0.717) is 18.8 Å². The van der Waals surface area contributed by atoms with Crippen LogP contribution in [0.3, 0.4) is 0 Å². The van der Waals surface area contributed by atoms with Gasteiger partial charge in [-0.3, -0.25) is 14.7 Å². The summed E-state index contributed by atoms with van der Waals surface area (Å²) in [6, 6.07) is 7.58. The van der Waals surface area contributed by atoms with Crippen molar-refractivity contribution < 1.29 is 9.59 Å². The predicted octanol–water partition coefficient (Wildman–Crippen LogP) is 2.17. The maximum absolute atomic E-state index is 12.1. The molecule has 2 heterocycles. The molecule has 1 saturated heterocycles. The van der Waals surface area contributed by atoms with Gasteiger partial charge in [-0.05, 0) is 31.2 Å². The van der Waals surface area contributed by atoms with Crippen molar-refractivity contribution in [2.75, 3.05) is 11.4 Å².